The summed E-state index contributed by atoms with van der Waals surface area (Å²) in [5, 5.41) is 3.03. The molecule has 1 heterocycles. The number of carbonyl (C=O) groups excluding carboxylic acids is 1. The molecule has 1 unspecified atom stereocenters. The molecule has 0 aliphatic heterocycles. The zero-order valence-electron chi connectivity index (χ0n) is 20.1. The summed E-state index contributed by atoms with van der Waals surface area (Å²) in [4.78, 5) is 17.1. The van der Waals surface area contributed by atoms with Crippen molar-refractivity contribution >= 4 is 16.9 Å². The van der Waals surface area contributed by atoms with Crippen LogP contribution in [0.4, 0.5) is 0 Å². The summed E-state index contributed by atoms with van der Waals surface area (Å²) in [6, 6.07) is 16.6. The normalized spacial score (nSPS) is 12.7. The number of hydrogen-bond acceptors (Lipinski definition) is 3. The van der Waals surface area contributed by atoms with Crippen LogP contribution in [0.15, 0.2) is 48.5 Å². The summed E-state index contributed by atoms with van der Waals surface area (Å²) < 4.78 is 8.17. The monoisotopic (exact) mass is 435 g/mol. The van der Waals surface area contributed by atoms with Gasteiger partial charge in [0.2, 0.25) is 5.91 Å². The van der Waals surface area contributed by atoms with Gasteiger partial charge in [0.05, 0.1) is 24.2 Å². The first-order chi connectivity index (χ1) is 15.3. The molecule has 2 aromatic carbocycles. The van der Waals surface area contributed by atoms with Crippen LogP contribution >= 0.6 is 0 Å². The summed E-state index contributed by atoms with van der Waals surface area (Å²) in [7, 11) is 0. The molecule has 5 nitrogen and oxygen atoms in total. The van der Waals surface area contributed by atoms with Gasteiger partial charge in [-0.25, -0.2) is 4.98 Å². The molecule has 0 saturated carbocycles. The lowest BCUT2D eigenvalue weighted by Gasteiger charge is -2.18. The van der Waals surface area contributed by atoms with Gasteiger partial charge in [0.15, 0.2) is 0 Å². The maximum absolute atomic E-state index is 12.3. The van der Waals surface area contributed by atoms with Gasteiger partial charge in [-0.15, -0.1) is 0 Å². The number of nitrogens with zero attached hydrogens (tertiary/aromatic N) is 2. The minimum atomic E-state index is -0.416. The number of imidazole rings is 1. The lowest BCUT2D eigenvalue weighted by atomic mass is 9.96. The molecule has 1 amide bonds. The van der Waals surface area contributed by atoms with Crippen LogP contribution in [0.5, 0.6) is 5.75 Å². The lowest BCUT2D eigenvalue weighted by molar-refractivity contribution is -0.128. The predicted octanol–water partition coefficient (Wildman–Crippen LogP) is 6.07. The number of nitrogens with one attached hydrogen (secondary N) is 1. The van der Waals surface area contributed by atoms with Crippen LogP contribution < -0.4 is 10.1 Å². The van der Waals surface area contributed by atoms with E-state index in [4.69, 9.17) is 9.72 Å². The molecule has 1 atom stereocenters. The van der Waals surface area contributed by atoms with Crippen molar-refractivity contribution in [3.8, 4) is 5.75 Å². The number of aryl methyl sites for hydroxylation is 1. The third kappa shape index (κ3) is 6.12. The third-order valence-corrected chi connectivity index (χ3v) is 5.93. The number of aromatic nitrogens is 2. The van der Waals surface area contributed by atoms with E-state index >= 15 is 0 Å². The first kappa shape index (κ1) is 23.8. The zero-order chi connectivity index (χ0) is 23.1. The second-order valence-corrected chi connectivity index (χ2v) is 9.53. The lowest BCUT2D eigenvalue weighted by Crippen LogP contribution is -2.35. The molecule has 32 heavy (non-hydrogen) atoms. The number of benzene rings is 2. The van der Waals surface area contributed by atoms with Gasteiger partial charge < -0.3 is 14.6 Å². The second kappa shape index (κ2) is 10.7. The fourth-order valence-corrected chi connectivity index (χ4v) is 3.62. The molecule has 0 aliphatic carbocycles. The molecular formula is C27H37N3O2. The number of amides is 1. The zero-order valence-corrected chi connectivity index (χ0v) is 20.1. The quantitative estimate of drug-likeness (QED) is 0.393. The van der Waals surface area contributed by atoms with Crippen molar-refractivity contribution < 1.29 is 9.53 Å². The highest BCUT2D eigenvalue weighted by Crippen LogP contribution is 2.22. The Bertz CT molecular complexity index is 1020. The predicted molar refractivity (Wildman–Crippen MR) is 131 cm³/mol. The molecule has 0 saturated heterocycles. The fraction of sp³-hybridized carbons (Fsp3) is 0.481. The first-order valence-electron chi connectivity index (χ1n) is 11.7. The Balaban J connectivity index is 1.55. The highest BCUT2D eigenvalue weighted by molar-refractivity contribution is 5.81. The van der Waals surface area contributed by atoms with E-state index in [0.717, 1.165) is 48.4 Å². The molecule has 3 aromatic rings. The highest BCUT2D eigenvalue weighted by Gasteiger charge is 2.21. The molecule has 3 rings (SSSR count). The summed E-state index contributed by atoms with van der Waals surface area (Å²) in [6.45, 7) is 12.2. The maximum atomic E-state index is 12.3. The molecule has 0 bridgehead atoms. The maximum Gasteiger partial charge on any atom is 0.225 e. The van der Waals surface area contributed by atoms with Crippen molar-refractivity contribution in [1.29, 1.82) is 0 Å². The standard InChI is InChI=1S/C27H37N3O2/c1-6-20(2)21-13-15-22(16-14-21)32-18-10-9-17-30-24-12-8-7-11-23(24)29-25(30)19-28-26(31)27(3,4)5/h7-8,11-16,20H,6,9-10,17-19H2,1-5H3,(H,28,31). The Morgan fingerprint density at radius 3 is 2.50 bits per heavy atom. The van der Waals surface area contributed by atoms with Crippen LogP contribution in [0.2, 0.25) is 0 Å². The van der Waals surface area contributed by atoms with E-state index < -0.39 is 5.41 Å². The van der Waals surface area contributed by atoms with E-state index in [2.05, 4.69) is 54.1 Å². The summed E-state index contributed by atoms with van der Waals surface area (Å²) >= 11 is 0. The molecule has 172 valence electrons. The van der Waals surface area contributed by atoms with Crippen LogP contribution in [0.3, 0.4) is 0 Å². The van der Waals surface area contributed by atoms with E-state index in [9.17, 15) is 4.79 Å². The Hall–Kier alpha value is -2.82. The van der Waals surface area contributed by atoms with Crippen molar-refractivity contribution in [2.24, 2.45) is 5.41 Å². The van der Waals surface area contributed by atoms with Crippen LogP contribution in [-0.4, -0.2) is 22.1 Å². The molecular weight excluding hydrogens is 398 g/mol. The van der Waals surface area contributed by atoms with Crippen molar-refractivity contribution in [1.82, 2.24) is 14.9 Å². The topological polar surface area (TPSA) is 56.1 Å². The van der Waals surface area contributed by atoms with Crippen LogP contribution in [0, 0.1) is 5.41 Å². The third-order valence-electron chi connectivity index (χ3n) is 5.93. The van der Waals surface area contributed by atoms with Crippen molar-refractivity contribution in [2.45, 2.75) is 72.9 Å². The number of unbranched alkanes of at least 4 members (excludes halogenated alkanes) is 1. The number of hydrogen-bond donors (Lipinski definition) is 1. The van der Waals surface area contributed by atoms with Crippen molar-refractivity contribution in [3.63, 3.8) is 0 Å². The average Bonchev–Trinajstić information content (AvgIpc) is 3.14. The second-order valence-electron chi connectivity index (χ2n) is 9.53. The van der Waals surface area contributed by atoms with Gasteiger partial charge in [0, 0.05) is 12.0 Å². The summed E-state index contributed by atoms with van der Waals surface area (Å²) in [5.74, 6) is 2.43. The molecule has 0 aliphatic rings. The van der Waals surface area contributed by atoms with Gasteiger partial charge >= 0.3 is 0 Å². The van der Waals surface area contributed by atoms with E-state index in [1.54, 1.807) is 0 Å². The Morgan fingerprint density at radius 2 is 1.81 bits per heavy atom. The van der Waals surface area contributed by atoms with Gasteiger partial charge in [0.25, 0.3) is 0 Å². The van der Waals surface area contributed by atoms with Gasteiger partial charge in [-0.2, -0.15) is 0 Å². The highest BCUT2D eigenvalue weighted by atomic mass is 16.5. The minimum absolute atomic E-state index is 0.0313. The number of ether oxygens (including phenoxy) is 1. The van der Waals surface area contributed by atoms with Crippen molar-refractivity contribution in [2.75, 3.05) is 6.61 Å². The molecule has 0 fully saturated rings. The van der Waals surface area contributed by atoms with Crippen LogP contribution in [-0.2, 0) is 17.9 Å². The van der Waals surface area contributed by atoms with Crippen LogP contribution in [0.1, 0.15) is 71.2 Å². The molecule has 0 radical (unpaired) electrons. The average molecular weight is 436 g/mol. The Kier molecular flexibility index (Phi) is 7.94. The molecule has 1 N–H and O–H groups in total. The number of carbonyl (C=O) groups is 1. The number of para-hydroxylation sites is 2. The molecule has 1 aromatic heterocycles. The van der Waals surface area contributed by atoms with Crippen molar-refractivity contribution in [3.05, 3.63) is 59.9 Å². The summed E-state index contributed by atoms with van der Waals surface area (Å²) in [5.41, 5.74) is 3.01. The summed E-state index contributed by atoms with van der Waals surface area (Å²) in [6.07, 6.45) is 3.07. The first-order valence-corrected chi connectivity index (χ1v) is 11.7. The molecule has 0 spiro atoms. The van der Waals surface area contributed by atoms with E-state index in [0.29, 0.717) is 19.1 Å². The van der Waals surface area contributed by atoms with E-state index in [-0.39, 0.29) is 5.91 Å². The number of rotatable bonds is 10. The molecule has 5 heteroatoms. The Morgan fingerprint density at radius 1 is 1.09 bits per heavy atom. The fourth-order valence-electron chi connectivity index (χ4n) is 3.62. The van der Waals surface area contributed by atoms with Gasteiger partial charge in [-0.05, 0) is 55.0 Å². The van der Waals surface area contributed by atoms with Crippen LogP contribution in [0.25, 0.3) is 11.0 Å². The van der Waals surface area contributed by atoms with Gasteiger partial charge in [0.1, 0.15) is 11.6 Å². The SMILES string of the molecule is CCC(C)c1ccc(OCCCCn2c(CNC(=O)C(C)(C)C)nc3ccccc32)cc1. The minimum Gasteiger partial charge on any atom is -0.494 e. The Labute approximate surface area is 192 Å². The number of fused-ring (bicyclic) bond motifs is 1. The van der Waals surface area contributed by atoms with Gasteiger partial charge in [-0.1, -0.05) is 58.9 Å². The smallest absolute Gasteiger partial charge is 0.225 e. The largest absolute Gasteiger partial charge is 0.494 e. The van der Waals surface area contributed by atoms with E-state index in [1.807, 2.05) is 39.0 Å². The van der Waals surface area contributed by atoms with E-state index in [1.165, 1.54) is 5.56 Å². The van der Waals surface area contributed by atoms with Gasteiger partial charge in [-0.3, -0.25) is 4.79 Å².